The predicted octanol–water partition coefficient (Wildman–Crippen LogP) is 3.13. The number of carbonyl (C=O) groups excluding carboxylic acids is 1. The van der Waals surface area contributed by atoms with E-state index in [1.807, 2.05) is 30.5 Å². The smallest absolute Gasteiger partial charge is 0.170 e. The van der Waals surface area contributed by atoms with Crippen LogP contribution in [0, 0.1) is 5.41 Å². The molecule has 0 saturated carbocycles. The first-order valence-corrected chi connectivity index (χ1v) is 7.08. The van der Waals surface area contributed by atoms with Crippen molar-refractivity contribution >= 4 is 16.7 Å². The van der Waals surface area contributed by atoms with E-state index in [0.717, 1.165) is 48.8 Å². The monoisotopic (exact) mass is 256 g/mol. The lowest BCUT2D eigenvalue weighted by Gasteiger charge is -2.26. The summed E-state index contributed by atoms with van der Waals surface area (Å²) in [6, 6.07) is 8.00. The summed E-state index contributed by atoms with van der Waals surface area (Å²) in [5.74, 6) is 0.308. The molecule has 1 fully saturated rings. The van der Waals surface area contributed by atoms with Gasteiger partial charge in [0.2, 0.25) is 0 Å². The van der Waals surface area contributed by atoms with E-state index in [4.69, 9.17) is 0 Å². The second-order valence-corrected chi connectivity index (χ2v) is 5.57. The lowest BCUT2D eigenvalue weighted by molar-refractivity contribution is 0.0802. The van der Waals surface area contributed by atoms with Crippen molar-refractivity contribution in [2.24, 2.45) is 5.41 Å². The fourth-order valence-electron chi connectivity index (χ4n) is 3.24. The van der Waals surface area contributed by atoms with Gasteiger partial charge in [-0.05, 0) is 43.7 Å². The molecule has 0 bridgehead atoms. The molecule has 100 valence electrons. The number of fused-ring (bicyclic) bond motifs is 1. The van der Waals surface area contributed by atoms with Gasteiger partial charge in [0.05, 0.1) is 0 Å². The lowest BCUT2D eigenvalue weighted by atomic mass is 9.76. The summed E-state index contributed by atoms with van der Waals surface area (Å²) in [5, 5.41) is 4.47. The summed E-state index contributed by atoms with van der Waals surface area (Å²) in [6.07, 6.45) is 4.91. The topological polar surface area (TPSA) is 44.9 Å². The zero-order valence-corrected chi connectivity index (χ0v) is 11.3. The molecule has 0 spiro atoms. The Bertz CT molecular complexity index is 594. The van der Waals surface area contributed by atoms with Crippen LogP contribution in [0.15, 0.2) is 30.5 Å². The van der Waals surface area contributed by atoms with Crippen molar-refractivity contribution in [3.8, 4) is 0 Å². The van der Waals surface area contributed by atoms with Gasteiger partial charge in [-0.2, -0.15) is 0 Å². The molecule has 0 radical (unpaired) electrons. The lowest BCUT2D eigenvalue weighted by Crippen LogP contribution is -2.33. The Kier molecular flexibility index (Phi) is 3.15. The minimum Gasteiger partial charge on any atom is -0.361 e. The molecule has 1 aromatic heterocycles. The van der Waals surface area contributed by atoms with Crippen LogP contribution < -0.4 is 5.32 Å². The highest BCUT2D eigenvalue weighted by Crippen LogP contribution is 2.35. The number of hydrogen-bond donors (Lipinski definition) is 2. The molecule has 19 heavy (non-hydrogen) atoms. The van der Waals surface area contributed by atoms with Crippen molar-refractivity contribution in [3.63, 3.8) is 0 Å². The van der Waals surface area contributed by atoms with Gasteiger partial charge in [-0.25, -0.2) is 0 Å². The molecule has 0 aliphatic carbocycles. The summed E-state index contributed by atoms with van der Waals surface area (Å²) in [7, 11) is 0. The number of hydrogen-bond acceptors (Lipinski definition) is 2. The molecule has 1 aliphatic rings. The highest BCUT2D eigenvalue weighted by molar-refractivity contribution is 6.03. The van der Waals surface area contributed by atoms with Crippen molar-refractivity contribution in [1.29, 1.82) is 0 Å². The Morgan fingerprint density at radius 2 is 2.26 bits per heavy atom. The average Bonchev–Trinajstić information content (AvgIpc) is 3.06. The van der Waals surface area contributed by atoms with Crippen LogP contribution in [0.5, 0.6) is 0 Å². The highest BCUT2D eigenvalue weighted by atomic mass is 16.1. The second-order valence-electron chi connectivity index (χ2n) is 5.57. The minimum atomic E-state index is -0.182. The van der Waals surface area contributed by atoms with Crippen LogP contribution in [0.1, 0.15) is 36.5 Å². The van der Waals surface area contributed by atoms with Gasteiger partial charge in [-0.15, -0.1) is 0 Å². The normalized spacial score (nSPS) is 23.0. The molecule has 3 heteroatoms. The number of rotatable bonds is 4. The molecule has 3 nitrogen and oxygen atoms in total. The first-order valence-electron chi connectivity index (χ1n) is 7.08. The third-order valence-corrected chi connectivity index (χ3v) is 4.27. The molecule has 1 saturated heterocycles. The molecule has 2 N–H and O–H groups in total. The number of aromatic nitrogens is 1. The van der Waals surface area contributed by atoms with Gasteiger partial charge in [-0.3, -0.25) is 4.79 Å². The van der Waals surface area contributed by atoms with E-state index in [2.05, 4.69) is 17.2 Å². The standard InChI is InChI=1S/C16H20N2O/c1-2-6-16(7-9-17-11-16)15(19)13-3-4-14-12(10-13)5-8-18-14/h3-5,8,10,17-18H,2,6-7,9,11H2,1H3/t16-/m1/s1. The molecule has 1 aliphatic heterocycles. The third kappa shape index (κ3) is 2.08. The first kappa shape index (κ1) is 12.4. The van der Waals surface area contributed by atoms with Crippen molar-refractivity contribution < 1.29 is 4.79 Å². The number of aromatic amines is 1. The highest BCUT2D eigenvalue weighted by Gasteiger charge is 2.40. The SMILES string of the molecule is CCC[C@@]1(C(=O)c2ccc3[nH]ccc3c2)CCNC1. The van der Waals surface area contributed by atoms with Crippen LogP contribution in [0.2, 0.25) is 0 Å². The molecule has 3 rings (SSSR count). The van der Waals surface area contributed by atoms with E-state index in [9.17, 15) is 4.79 Å². The maximum absolute atomic E-state index is 12.9. The Labute approximate surface area is 113 Å². The molecule has 1 atom stereocenters. The zero-order chi connectivity index (χ0) is 13.3. The largest absolute Gasteiger partial charge is 0.361 e. The number of Topliss-reactive ketones (excluding diaryl/α,β-unsaturated/α-hetero) is 1. The van der Waals surface area contributed by atoms with Gasteiger partial charge in [0.1, 0.15) is 0 Å². The van der Waals surface area contributed by atoms with Gasteiger partial charge in [-0.1, -0.05) is 13.3 Å². The quantitative estimate of drug-likeness (QED) is 0.825. The van der Waals surface area contributed by atoms with Crippen LogP contribution in [0.25, 0.3) is 10.9 Å². The Morgan fingerprint density at radius 1 is 1.37 bits per heavy atom. The molecule has 1 aromatic carbocycles. The second kappa shape index (κ2) is 4.82. The maximum Gasteiger partial charge on any atom is 0.170 e. The first-order chi connectivity index (χ1) is 9.25. The van der Waals surface area contributed by atoms with E-state index in [-0.39, 0.29) is 5.41 Å². The summed E-state index contributed by atoms with van der Waals surface area (Å²) >= 11 is 0. The van der Waals surface area contributed by atoms with Crippen LogP contribution >= 0.6 is 0 Å². The molecule has 0 unspecified atom stereocenters. The Morgan fingerprint density at radius 3 is 3.00 bits per heavy atom. The number of nitrogens with one attached hydrogen (secondary N) is 2. The molecular weight excluding hydrogens is 236 g/mol. The molecule has 2 heterocycles. The van der Waals surface area contributed by atoms with E-state index in [1.165, 1.54) is 0 Å². The van der Waals surface area contributed by atoms with E-state index >= 15 is 0 Å². The van der Waals surface area contributed by atoms with E-state index in [1.54, 1.807) is 0 Å². The summed E-state index contributed by atoms with van der Waals surface area (Å²) < 4.78 is 0. The average molecular weight is 256 g/mol. The predicted molar refractivity (Wildman–Crippen MR) is 77.5 cm³/mol. The fourth-order valence-corrected chi connectivity index (χ4v) is 3.24. The van der Waals surface area contributed by atoms with Gasteiger partial charge in [0.15, 0.2) is 5.78 Å². The number of ketones is 1. The van der Waals surface area contributed by atoms with E-state index in [0.29, 0.717) is 5.78 Å². The van der Waals surface area contributed by atoms with Gasteiger partial charge >= 0.3 is 0 Å². The van der Waals surface area contributed by atoms with Crippen molar-refractivity contribution in [2.45, 2.75) is 26.2 Å². The van der Waals surface area contributed by atoms with Crippen molar-refractivity contribution in [3.05, 3.63) is 36.0 Å². The summed E-state index contributed by atoms with van der Waals surface area (Å²) in [6.45, 7) is 3.94. The Hall–Kier alpha value is -1.61. The van der Waals surface area contributed by atoms with Gasteiger partial charge < -0.3 is 10.3 Å². The van der Waals surface area contributed by atoms with Crippen LogP contribution in [-0.4, -0.2) is 23.9 Å². The Balaban J connectivity index is 1.97. The van der Waals surface area contributed by atoms with Crippen molar-refractivity contribution in [2.75, 3.05) is 13.1 Å². The number of carbonyl (C=O) groups is 1. The maximum atomic E-state index is 12.9. The van der Waals surface area contributed by atoms with Gasteiger partial charge in [0.25, 0.3) is 0 Å². The summed E-state index contributed by atoms with van der Waals surface area (Å²) in [5.41, 5.74) is 1.76. The molecule has 0 amide bonds. The molecular formula is C16H20N2O. The van der Waals surface area contributed by atoms with Crippen LogP contribution in [0.3, 0.4) is 0 Å². The van der Waals surface area contributed by atoms with Crippen LogP contribution in [-0.2, 0) is 0 Å². The molecule has 2 aromatic rings. The summed E-state index contributed by atoms with van der Waals surface area (Å²) in [4.78, 5) is 16.0. The minimum absolute atomic E-state index is 0.182. The van der Waals surface area contributed by atoms with Gasteiger partial charge in [0, 0.05) is 34.6 Å². The fraction of sp³-hybridized carbons (Fsp3) is 0.438. The van der Waals surface area contributed by atoms with Crippen molar-refractivity contribution in [1.82, 2.24) is 10.3 Å². The third-order valence-electron chi connectivity index (χ3n) is 4.27. The number of H-pyrrole nitrogens is 1. The van der Waals surface area contributed by atoms with Crippen LogP contribution in [0.4, 0.5) is 0 Å². The van der Waals surface area contributed by atoms with E-state index < -0.39 is 0 Å². The zero-order valence-electron chi connectivity index (χ0n) is 11.3. The number of benzene rings is 1.